The number of aromatic nitrogens is 1. The fourth-order valence-corrected chi connectivity index (χ4v) is 9.14. The Kier molecular flexibility index (Phi) is 11.4. The van der Waals surface area contributed by atoms with Gasteiger partial charge in [0.2, 0.25) is 0 Å². The molecule has 0 aliphatic carbocycles. The van der Waals surface area contributed by atoms with Crippen LogP contribution in [-0.4, -0.2) is 23.4 Å². The molecular weight excluding hydrogens is 913 g/mol. The minimum absolute atomic E-state index is 0.192. The standard InChI is InChI=1S/C36H26Cl2I2N2O4S2/c1-3-45-35(44)30-31(22-7-5-4-6-8-22)41-36-42(32(30)23-10-12-24(47-2)13-11-23)34(43)29(48-36)18-21-16-27(39)33(28(40)17-21)46-19-20-9-14-25(37)26(38)15-20/h4-18,32H,3,19H2,1-2H3/b29-18-/t32-/m0/s1. The van der Waals surface area contributed by atoms with Gasteiger partial charge in [-0.2, -0.15) is 0 Å². The summed E-state index contributed by atoms with van der Waals surface area (Å²) in [5, 5.41) is 0.968. The van der Waals surface area contributed by atoms with E-state index in [9.17, 15) is 9.59 Å². The van der Waals surface area contributed by atoms with Crippen LogP contribution in [0.4, 0.5) is 0 Å². The predicted octanol–water partition coefficient (Wildman–Crippen LogP) is 8.75. The molecule has 0 fully saturated rings. The number of carbonyl (C=O) groups excluding carboxylic acids is 1. The maximum absolute atomic E-state index is 14.3. The van der Waals surface area contributed by atoms with E-state index in [0.717, 1.165) is 40.0 Å². The lowest BCUT2D eigenvalue weighted by Crippen LogP contribution is -2.40. The molecule has 0 bridgehead atoms. The summed E-state index contributed by atoms with van der Waals surface area (Å²) in [6, 6.07) is 26.1. The van der Waals surface area contributed by atoms with Gasteiger partial charge in [0.25, 0.3) is 5.56 Å². The van der Waals surface area contributed by atoms with Crippen molar-refractivity contribution in [1.29, 1.82) is 0 Å². The monoisotopic (exact) mass is 938 g/mol. The molecule has 6 nitrogen and oxygen atoms in total. The minimum Gasteiger partial charge on any atom is -0.487 e. The van der Waals surface area contributed by atoms with Gasteiger partial charge >= 0.3 is 5.97 Å². The summed E-state index contributed by atoms with van der Waals surface area (Å²) in [5.74, 6) is 0.232. The number of hydrogen-bond donors (Lipinski definition) is 0. The molecule has 12 heteroatoms. The number of hydrogen-bond acceptors (Lipinski definition) is 7. The number of halogens is 4. The normalized spacial score (nSPS) is 14.5. The zero-order valence-corrected chi connectivity index (χ0v) is 33.0. The molecule has 2 heterocycles. The number of nitrogens with zero attached hydrogens (tertiary/aromatic N) is 2. The van der Waals surface area contributed by atoms with E-state index in [-0.39, 0.29) is 12.2 Å². The number of esters is 1. The second kappa shape index (κ2) is 15.5. The van der Waals surface area contributed by atoms with Gasteiger partial charge in [-0.1, -0.05) is 83.1 Å². The molecule has 5 aromatic rings. The van der Waals surface area contributed by atoms with Crippen LogP contribution in [0.3, 0.4) is 0 Å². The highest BCUT2D eigenvalue weighted by Gasteiger charge is 2.35. The van der Waals surface area contributed by atoms with Gasteiger partial charge in [0.05, 0.1) is 45.6 Å². The number of rotatable bonds is 9. The lowest BCUT2D eigenvalue weighted by molar-refractivity contribution is -0.138. The number of carbonyl (C=O) groups is 1. The molecule has 0 unspecified atom stereocenters. The van der Waals surface area contributed by atoms with Crippen molar-refractivity contribution in [3.63, 3.8) is 0 Å². The summed E-state index contributed by atoms with van der Waals surface area (Å²) in [5.41, 5.74) is 3.88. The minimum atomic E-state index is -0.731. The Morgan fingerprint density at radius 2 is 1.71 bits per heavy atom. The number of ether oxygens (including phenoxy) is 2. The molecule has 1 aliphatic heterocycles. The molecule has 1 atom stereocenters. The second-order valence-corrected chi connectivity index (χ2v) is 15.6. The molecule has 0 spiro atoms. The summed E-state index contributed by atoms with van der Waals surface area (Å²) in [7, 11) is 0. The van der Waals surface area contributed by atoms with E-state index in [0.29, 0.717) is 37.3 Å². The molecular formula is C36H26Cl2I2N2O4S2. The Labute approximate surface area is 322 Å². The van der Waals surface area contributed by atoms with Crippen LogP contribution in [-0.2, 0) is 16.1 Å². The van der Waals surface area contributed by atoms with Crippen LogP contribution in [0.25, 0.3) is 11.8 Å². The van der Waals surface area contributed by atoms with Crippen molar-refractivity contribution in [2.75, 3.05) is 12.9 Å². The van der Waals surface area contributed by atoms with Crippen molar-refractivity contribution in [3.05, 3.63) is 150 Å². The molecule has 0 saturated heterocycles. The number of thiazole rings is 1. The van der Waals surface area contributed by atoms with Crippen LogP contribution in [0.5, 0.6) is 5.75 Å². The zero-order chi connectivity index (χ0) is 33.9. The summed E-state index contributed by atoms with van der Waals surface area (Å²) in [6.45, 7) is 2.28. The molecule has 6 rings (SSSR count). The lowest BCUT2D eigenvalue weighted by atomic mass is 9.93. The van der Waals surface area contributed by atoms with E-state index in [4.69, 9.17) is 37.7 Å². The molecule has 0 amide bonds. The lowest BCUT2D eigenvalue weighted by Gasteiger charge is -2.26. The van der Waals surface area contributed by atoms with Gasteiger partial charge in [-0.15, -0.1) is 11.8 Å². The first kappa shape index (κ1) is 35.2. The number of fused-ring (bicyclic) bond motifs is 1. The third-order valence-corrected chi connectivity index (χ3v) is 11.6. The van der Waals surface area contributed by atoms with Crippen LogP contribution in [0.15, 0.2) is 105 Å². The molecule has 48 heavy (non-hydrogen) atoms. The van der Waals surface area contributed by atoms with Crippen LogP contribution >= 0.6 is 91.5 Å². The summed E-state index contributed by atoms with van der Waals surface area (Å²) < 4.78 is 15.6. The third-order valence-electron chi connectivity index (χ3n) is 7.49. The topological polar surface area (TPSA) is 69.9 Å². The Morgan fingerprint density at radius 1 is 1.00 bits per heavy atom. The average Bonchev–Trinajstić information content (AvgIpc) is 3.39. The zero-order valence-electron chi connectivity index (χ0n) is 25.5. The molecule has 1 aliphatic rings. The van der Waals surface area contributed by atoms with Crippen LogP contribution in [0.2, 0.25) is 10.0 Å². The smallest absolute Gasteiger partial charge is 0.338 e. The number of benzene rings is 4. The van der Waals surface area contributed by atoms with E-state index in [2.05, 4.69) is 45.2 Å². The van der Waals surface area contributed by atoms with Gasteiger partial charge in [0.1, 0.15) is 12.4 Å². The van der Waals surface area contributed by atoms with Crippen LogP contribution in [0, 0.1) is 7.14 Å². The predicted molar refractivity (Wildman–Crippen MR) is 212 cm³/mol. The average molecular weight is 939 g/mol. The second-order valence-electron chi connectivity index (χ2n) is 10.6. The quantitative estimate of drug-likeness (QED) is 0.0841. The van der Waals surface area contributed by atoms with Crippen molar-refractivity contribution in [1.82, 2.24) is 4.57 Å². The Bertz CT molecular complexity index is 2210. The Hall–Kier alpha value is -2.62. The fourth-order valence-electron chi connectivity index (χ4n) is 5.28. The molecule has 0 saturated carbocycles. The van der Waals surface area contributed by atoms with Gasteiger partial charge in [-0.25, -0.2) is 9.79 Å². The molecule has 0 radical (unpaired) electrons. The van der Waals surface area contributed by atoms with Crippen molar-refractivity contribution in [2.24, 2.45) is 4.99 Å². The van der Waals surface area contributed by atoms with E-state index in [1.165, 1.54) is 11.3 Å². The summed E-state index contributed by atoms with van der Waals surface area (Å²) >= 11 is 19.7. The molecule has 244 valence electrons. The Balaban J connectivity index is 1.46. The van der Waals surface area contributed by atoms with Gasteiger partial charge in [-0.3, -0.25) is 9.36 Å². The summed E-state index contributed by atoms with van der Waals surface area (Å²) in [4.78, 5) is 34.5. The van der Waals surface area contributed by atoms with Crippen molar-refractivity contribution in [3.8, 4) is 5.75 Å². The van der Waals surface area contributed by atoms with Gasteiger partial charge in [-0.05, 0) is 118 Å². The first-order valence-electron chi connectivity index (χ1n) is 14.7. The highest BCUT2D eigenvalue weighted by atomic mass is 127. The van der Waals surface area contributed by atoms with E-state index in [1.54, 1.807) is 35.4 Å². The van der Waals surface area contributed by atoms with Gasteiger partial charge in [0, 0.05) is 10.5 Å². The fraction of sp³-hybridized carbons (Fsp3) is 0.139. The first-order valence-corrected chi connectivity index (χ1v) is 19.6. The van der Waals surface area contributed by atoms with Crippen molar-refractivity contribution >= 4 is 109 Å². The van der Waals surface area contributed by atoms with Crippen LogP contribution in [0.1, 0.15) is 35.2 Å². The summed E-state index contributed by atoms with van der Waals surface area (Å²) in [6.07, 6.45) is 3.87. The van der Waals surface area contributed by atoms with E-state index < -0.39 is 12.0 Å². The Morgan fingerprint density at radius 3 is 2.35 bits per heavy atom. The SMILES string of the molecule is CCOC(=O)C1=C(c2ccccc2)N=c2s/c(=C\c3cc(I)c(OCc4ccc(Cl)c(Cl)c4)c(I)c3)c(=O)n2[C@H]1c1ccc(SC)cc1. The molecule has 0 N–H and O–H groups in total. The maximum Gasteiger partial charge on any atom is 0.338 e. The first-order chi connectivity index (χ1) is 23.2. The molecule has 1 aromatic heterocycles. The highest BCUT2D eigenvalue weighted by Crippen LogP contribution is 2.36. The van der Waals surface area contributed by atoms with E-state index in [1.807, 2.05) is 85.1 Å². The third kappa shape index (κ3) is 7.43. The van der Waals surface area contributed by atoms with Crippen molar-refractivity contribution < 1.29 is 14.3 Å². The maximum atomic E-state index is 14.3. The van der Waals surface area contributed by atoms with E-state index >= 15 is 0 Å². The van der Waals surface area contributed by atoms with Crippen molar-refractivity contribution in [2.45, 2.75) is 24.5 Å². The largest absolute Gasteiger partial charge is 0.487 e. The molecule has 4 aromatic carbocycles. The van der Waals surface area contributed by atoms with Crippen LogP contribution < -0.4 is 19.6 Å². The number of thioether (sulfide) groups is 1. The van der Waals surface area contributed by atoms with Gasteiger partial charge in [0.15, 0.2) is 4.80 Å². The van der Waals surface area contributed by atoms with Gasteiger partial charge < -0.3 is 9.47 Å². The highest BCUT2D eigenvalue weighted by molar-refractivity contribution is 14.1.